The Morgan fingerprint density at radius 2 is 1.89 bits per heavy atom. The summed E-state index contributed by atoms with van der Waals surface area (Å²) in [5.74, 6) is -0.472. The lowest BCUT2D eigenvalue weighted by Crippen LogP contribution is -2.49. The predicted octanol–water partition coefficient (Wildman–Crippen LogP) is 1.94. The van der Waals surface area contributed by atoms with E-state index in [1.807, 2.05) is 0 Å². The normalized spacial score (nSPS) is 21.8. The van der Waals surface area contributed by atoms with Crippen LogP contribution in [0.5, 0.6) is 0 Å². The van der Waals surface area contributed by atoms with Gasteiger partial charge in [0, 0.05) is 30.8 Å². The van der Waals surface area contributed by atoms with E-state index in [0.29, 0.717) is 19.8 Å². The largest absolute Gasteiger partial charge is 0.366 e. The minimum absolute atomic E-state index is 0.115. The Kier molecular flexibility index (Phi) is 3.12. The number of nitro benzene ring substituents is 1. The zero-order valence-corrected chi connectivity index (χ0v) is 10.6. The molecule has 2 fully saturated rings. The number of hydrogen-bond donors (Lipinski definition) is 0. The molecule has 19 heavy (non-hydrogen) atoms. The maximum atomic E-state index is 10.6. The quantitative estimate of drug-likeness (QED) is 0.603. The predicted molar refractivity (Wildman–Crippen MR) is 69.2 cm³/mol. The molecular formula is C13H16N2O4. The summed E-state index contributed by atoms with van der Waals surface area (Å²) in [6.07, 6.45) is 1.91. The number of anilines is 1. The smallest absolute Gasteiger partial charge is 0.269 e. The van der Waals surface area contributed by atoms with Crippen LogP contribution in [-0.4, -0.2) is 37.0 Å². The molecule has 0 aliphatic carbocycles. The number of nitrogens with zero attached hydrogens (tertiary/aromatic N) is 2. The molecule has 6 nitrogen and oxygen atoms in total. The Morgan fingerprint density at radius 1 is 1.21 bits per heavy atom. The second-order valence-corrected chi connectivity index (χ2v) is 4.91. The topological polar surface area (TPSA) is 64.8 Å². The lowest BCUT2D eigenvalue weighted by molar-refractivity contribution is -0.384. The van der Waals surface area contributed by atoms with Gasteiger partial charge < -0.3 is 14.4 Å². The van der Waals surface area contributed by atoms with Gasteiger partial charge in [-0.1, -0.05) is 0 Å². The zero-order chi connectivity index (χ0) is 13.3. The van der Waals surface area contributed by atoms with Crippen molar-refractivity contribution in [1.82, 2.24) is 0 Å². The van der Waals surface area contributed by atoms with Crippen LogP contribution >= 0.6 is 0 Å². The summed E-state index contributed by atoms with van der Waals surface area (Å²) in [5.41, 5.74) is 1.09. The summed E-state index contributed by atoms with van der Waals surface area (Å²) in [6.45, 7) is 2.90. The first-order valence-electron chi connectivity index (χ1n) is 6.46. The Labute approximate surface area is 111 Å². The van der Waals surface area contributed by atoms with Crippen LogP contribution < -0.4 is 4.90 Å². The van der Waals surface area contributed by atoms with Gasteiger partial charge in [0.1, 0.15) is 0 Å². The number of nitro groups is 1. The first-order chi connectivity index (χ1) is 9.19. The molecule has 0 atom stereocenters. The van der Waals surface area contributed by atoms with Crippen molar-refractivity contribution in [1.29, 1.82) is 0 Å². The number of benzene rings is 1. The van der Waals surface area contributed by atoms with Crippen LogP contribution in [0.4, 0.5) is 11.4 Å². The number of ether oxygens (including phenoxy) is 2. The third-order valence-electron chi connectivity index (χ3n) is 3.66. The molecule has 0 N–H and O–H groups in total. The van der Waals surface area contributed by atoms with Gasteiger partial charge in [-0.3, -0.25) is 10.1 Å². The molecule has 1 aromatic rings. The molecule has 0 amide bonds. The Morgan fingerprint density at radius 3 is 2.53 bits per heavy atom. The maximum Gasteiger partial charge on any atom is 0.269 e. The molecule has 1 spiro atoms. The summed E-state index contributed by atoms with van der Waals surface area (Å²) in [7, 11) is 0. The van der Waals surface area contributed by atoms with Crippen molar-refractivity contribution >= 4 is 11.4 Å². The Bertz CT molecular complexity index is 468. The molecule has 0 aromatic heterocycles. The van der Waals surface area contributed by atoms with E-state index in [-0.39, 0.29) is 10.6 Å². The van der Waals surface area contributed by atoms with Crippen LogP contribution in [0.3, 0.4) is 0 Å². The van der Waals surface area contributed by atoms with Gasteiger partial charge in [0.15, 0.2) is 5.79 Å². The van der Waals surface area contributed by atoms with Crippen LogP contribution in [0.2, 0.25) is 0 Å². The third-order valence-corrected chi connectivity index (χ3v) is 3.66. The lowest BCUT2D eigenvalue weighted by Gasteiger charge is -2.39. The molecule has 0 saturated carbocycles. The fourth-order valence-corrected chi connectivity index (χ4v) is 2.73. The van der Waals surface area contributed by atoms with E-state index in [1.54, 1.807) is 12.1 Å². The molecule has 102 valence electrons. The van der Waals surface area contributed by atoms with Crippen LogP contribution in [0.15, 0.2) is 24.3 Å². The zero-order valence-electron chi connectivity index (χ0n) is 10.6. The second-order valence-electron chi connectivity index (χ2n) is 4.91. The Hall–Kier alpha value is -1.66. The molecule has 3 rings (SSSR count). The molecule has 0 unspecified atom stereocenters. The minimum Gasteiger partial charge on any atom is -0.366 e. The van der Waals surface area contributed by atoms with Crippen molar-refractivity contribution in [2.75, 3.05) is 31.2 Å². The highest BCUT2D eigenvalue weighted by molar-refractivity contribution is 5.51. The fourth-order valence-electron chi connectivity index (χ4n) is 2.73. The molecule has 0 radical (unpaired) electrons. The van der Waals surface area contributed by atoms with Gasteiger partial charge in [-0.15, -0.1) is 0 Å². The molecule has 6 heteroatoms. The van der Waals surface area contributed by atoms with Gasteiger partial charge in [0.05, 0.1) is 24.7 Å². The van der Waals surface area contributed by atoms with E-state index in [0.717, 1.165) is 25.1 Å². The van der Waals surface area contributed by atoms with Gasteiger partial charge in [0.25, 0.3) is 5.69 Å². The van der Waals surface area contributed by atoms with Gasteiger partial charge in [0.2, 0.25) is 0 Å². The van der Waals surface area contributed by atoms with Crippen molar-refractivity contribution in [2.24, 2.45) is 0 Å². The summed E-state index contributed by atoms with van der Waals surface area (Å²) in [4.78, 5) is 12.4. The Balaban J connectivity index is 1.76. The van der Waals surface area contributed by atoms with Crippen molar-refractivity contribution < 1.29 is 14.4 Å². The highest BCUT2D eigenvalue weighted by Gasteiger charge is 2.40. The standard InChI is InChI=1S/C13H16N2O4/c16-15(17)12-4-2-11(3-5-12)14-7-1-6-13(10-14)18-8-9-19-13/h2-5H,1,6-10H2. The van der Waals surface area contributed by atoms with E-state index < -0.39 is 5.79 Å². The van der Waals surface area contributed by atoms with Crippen LogP contribution in [0, 0.1) is 10.1 Å². The van der Waals surface area contributed by atoms with E-state index in [4.69, 9.17) is 9.47 Å². The van der Waals surface area contributed by atoms with Crippen LogP contribution in [0.25, 0.3) is 0 Å². The molecule has 2 saturated heterocycles. The maximum absolute atomic E-state index is 10.6. The first-order valence-corrected chi connectivity index (χ1v) is 6.46. The summed E-state index contributed by atoms with van der Waals surface area (Å²) in [5, 5.41) is 10.6. The number of hydrogen-bond acceptors (Lipinski definition) is 5. The summed E-state index contributed by atoms with van der Waals surface area (Å²) in [6, 6.07) is 6.64. The van der Waals surface area contributed by atoms with Gasteiger partial charge in [-0.2, -0.15) is 0 Å². The molecule has 0 bridgehead atoms. The van der Waals surface area contributed by atoms with Gasteiger partial charge in [-0.25, -0.2) is 0 Å². The first kappa shape index (κ1) is 12.4. The molecular weight excluding hydrogens is 248 g/mol. The van der Waals surface area contributed by atoms with E-state index >= 15 is 0 Å². The summed E-state index contributed by atoms with van der Waals surface area (Å²) < 4.78 is 11.4. The van der Waals surface area contributed by atoms with Gasteiger partial charge in [-0.05, 0) is 18.6 Å². The highest BCUT2D eigenvalue weighted by atomic mass is 16.7. The molecule has 2 heterocycles. The van der Waals surface area contributed by atoms with Crippen molar-refractivity contribution in [2.45, 2.75) is 18.6 Å². The van der Waals surface area contributed by atoms with Crippen LogP contribution in [0.1, 0.15) is 12.8 Å². The average Bonchev–Trinajstić information content (AvgIpc) is 2.87. The van der Waals surface area contributed by atoms with E-state index in [2.05, 4.69) is 4.90 Å². The van der Waals surface area contributed by atoms with Crippen molar-refractivity contribution in [3.63, 3.8) is 0 Å². The lowest BCUT2D eigenvalue weighted by atomic mass is 10.0. The van der Waals surface area contributed by atoms with Crippen LogP contribution in [-0.2, 0) is 9.47 Å². The minimum atomic E-state index is -0.472. The number of non-ortho nitro benzene ring substituents is 1. The van der Waals surface area contributed by atoms with Crippen molar-refractivity contribution in [3.05, 3.63) is 34.4 Å². The second kappa shape index (κ2) is 4.79. The monoisotopic (exact) mass is 264 g/mol. The van der Waals surface area contributed by atoms with Gasteiger partial charge >= 0.3 is 0 Å². The molecule has 2 aliphatic heterocycles. The molecule has 2 aliphatic rings. The fraction of sp³-hybridized carbons (Fsp3) is 0.538. The average molecular weight is 264 g/mol. The number of rotatable bonds is 2. The number of piperidine rings is 1. The SMILES string of the molecule is O=[N+]([O-])c1ccc(N2CCCC3(C2)OCCO3)cc1. The highest BCUT2D eigenvalue weighted by Crippen LogP contribution is 2.32. The molecule has 1 aromatic carbocycles. The van der Waals surface area contributed by atoms with Crippen molar-refractivity contribution in [3.8, 4) is 0 Å². The van der Waals surface area contributed by atoms with E-state index in [9.17, 15) is 10.1 Å². The summed E-state index contributed by atoms with van der Waals surface area (Å²) >= 11 is 0. The third kappa shape index (κ3) is 2.41. The van der Waals surface area contributed by atoms with E-state index in [1.165, 1.54) is 12.1 Å².